The van der Waals surface area contributed by atoms with Gasteiger partial charge in [-0.05, 0) is 45.1 Å². The second-order valence-corrected chi connectivity index (χ2v) is 4.91. The lowest BCUT2D eigenvalue weighted by atomic mass is 9.91. The van der Waals surface area contributed by atoms with E-state index in [2.05, 4.69) is 10.2 Å². The first-order valence-corrected chi connectivity index (χ1v) is 7.04. The number of H-pyrrole nitrogens is 1. The van der Waals surface area contributed by atoms with E-state index in [9.17, 15) is 9.59 Å². The molecule has 1 aliphatic carbocycles. The molecule has 19 heavy (non-hydrogen) atoms. The van der Waals surface area contributed by atoms with Crippen LogP contribution in [0.2, 0.25) is 0 Å². The Hall–Kier alpha value is -1.65. The van der Waals surface area contributed by atoms with E-state index in [0.29, 0.717) is 19.5 Å². The maximum Gasteiger partial charge on any atom is 0.267 e. The van der Waals surface area contributed by atoms with Crippen LogP contribution in [0.3, 0.4) is 0 Å². The van der Waals surface area contributed by atoms with Gasteiger partial charge in [-0.2, -0.15) is 5.10 Å². The van der Waals surface area contributed by atoms with Crippen molar-refractivity contribution in [2.45, 2.75) is 46.0 Å². The highest BCUT2D eigenvalue weighted by atomic mass is 16.2. The third-order valence-corrected chi connectivity index (χ3v) is 3.82. The summed E-state index contributed by atoms with van der Waals surface area (Å²) >= 11 is 0. The van der Waals surface area contributed by atoms with Gasteiger partial charge in [-0.15, -0.1) is 0 Å². The Balaban J connectivity index is 2.26. The molecule has 0 fully saturated rings. The van der Waals surface area contributed by atoms with Gasteiger partial charge >= 0.3 is 0 Å². The van der Waals surface area contributed by atoms with E-state index in [1.54, 1.807) is 4.90 Å². The van der Waals surface area contributed by atoms with Gasteiger partial charge in [0.25, 0.3) is 5.56 Å². The van der Waals surface area contributed by atoms with Gasteiger partial charge in [0.2, 0.25) is 5.91 Å². The number of nitrogens with one attached hydrogen (secondary N) is 1. The van der Waals surface area contributed by atoms with Gasteiger partial charge in [-0.25, -0.2) is 5.10 Å². The number of amides is 1. The van der Waals surface area contributed by atoms with E-state index < -0.39 is 0 Å². The van der Waals surface area contributed by atoms with Crippen molar-refractivity contribution < 1.29 is 4.79 Å². The van der Waals surface area contributed by atoms with Gasteiger partial charge in [0.1, 0.15) is 0 Å². The monoisotopic (exact) mass is 263 g/mol. The van der Waals surface area contributed by atoms with Crippen molar-refractivity contribution in [3.05, 3.63) is 27.2 Å². The van der Waals surface area contributed by atoms with Crippen molar-refractivity contribution in [1.82, 2.24) is 15.1 Å². The predicted molar refractivity (Wildman–Crippen MR) is 73.1 cm³/mol. The normalized spacial score (nSPS) is 14.0. The number of aromatic nitrogens is 2. The number of carbonyl (C=O) groups excluding carboxylic acids is 1. The summed E-state index contributed by atoms with van der Waals surface area (Å²) < 4.78 is 0. The largest absolute Gasteiger partial charge is 0.343 e. The van der Waals surface area contributed by atoms with Crippen LogP contribution in [0.25, 0.3) is 0 Å². The minimum Gasteiger partial charge on any atom is -0.343 e. The second kappa shape index (κ2) is 5.99. The molecule has 0 atom stereocenters. The molecule has 2 rings (SSSR count). The second-order valence-electron chi connectivity index (χ2n) is 4.91. The summed E-state index contributed by atoms with van der Waals surface area (Å²) in [5.74, 6) is 0.0809. The molecule has 1 N–H and O–H groups in total. The zero-order valence-corrected chi connectivity index (χ0v) is 11.7. The Labute approximate surface area is 113 Å². The average molecular weight is 263 g/mol. The minimum atomic E-state index is -0.0891. The van der Waals surface area contributed by atoms with Crippen molar-refractivity contribution in [3.63, 3.8) is 0 Å². The van der Waals surface area contributed by atoms with Crippen LogP contribution in [0.1, 0.15) is 43.5 Å². The molecule has 0 saturated heterocycles. The average Bonchev–Trinajstić information content (AvgIpc) is 2.44. The first-order chi connectivity index (χ1) is 9.17. The number of likely N-dealkylation sites (N-methyl/N-ethyl adjacent to an activating group) is 1. The van der Waals surface area contributed by atoms with Crippen LogP contribution >= 0.6 is 0 Å². The molecule has 1 aliphatic rings. The van der Waals surface area contributed by atoms with Crippen LogP contribution in [0.15, 0.2) is 4.79 Å². The van der Waals surface area contributed by atoms with Gasteiger partial charge in [-0.1, -0.05) is 0 Å². The molecule has 1 amide bonds. The number of hydrogen-bond donors (Lipinski definition) is 1. The molecule has 5 heteroatoms. The highest BCUT2D eigenvalue weighted by Crippen LogP contribution is 2.20. The number of carbonyl (C=O) groups is 1. The molecular formula is C14H21N3O2. The first kappa shape index (κ1) is 13.8. The minimum absolute atomic E-state index is 0.0809. The zero-order chi connectivity index (χ0) is 13.8. The molecule has 0 aromatic carbocycles. The summed E-state index contributed by atoms with van der Waals surface area (Å²) in [5.41, 5.74) is 2.51. The summed E-state index contributed by atoms with van der Waals surface area (Å²) in [7, 11) is 0. The van der Waals surface area contributed by atoms with Gasteiger partial charge < -0.3 is 4.90 Å². The molecule has 0 unspecified atom stereocenters. The van der Waals surface area contributed by atoms with Crippen molar-refractivity contribution in [3.8, 4) is 0 Å². The summed E-state index contributed by atoms with van der Waals surface area (Å²) in [6, 6.07) is 0. The molecule has 0 spiro atoms. The van der Waals surface area contributed by atoms with E-state index in [1.165, 1.54) is 0 Å². The lowest BCUT2D eigenvalue weighted by Crippen LogP contribution is -2.33. The number of nitrogens with zero attached hydrogens (tertiary/aromatic N) is 2. The molecule has 1 heterocycles. The van der Waals surface area contributed by atoms with E-state index >= 15 is 0 Å². The van der Waals surface area contributed by atoms with Crippen molar-refractivity contribution in [1.29, 1.82) is 0 Å². The number of fused-ring (bicyclic) bond motifs is 1. The smallest absolute Gasteiger partial charge is 0.267 e. The highest BCUT2D eigenvalue weighted by Gasteiger charge is 2.20. The Morgan fingerprint density at radius 1 is 1.21 bits per heavy atom. The first-order valence-electron chi connectivity index (χ1n) is 7.04. The van der Waals surface area contributed by atoms with Crippen LogP contribution in [0.4, 0.5) is 0 Å². The van der Waals surface area contributed by atoms with Crippen molar-refractivity contribution in [2.75, 3.05) is 13.1 Å². The topological polar surface area (TPSA) is 66.1 Å². The van der Waals surface area contributed by atoms with Crippen molar-refractivity contribution in [2.24, 2.45) is 0 Å². The third kappa shape index (κ3) is 2.85. The lowest BCUT2D eigenvalue weighted by molar-refractivity contribution is -0.130. The van der Waals surface area contributed by atoms with Gasteiger partial charge in [0.15, 0.2) is 0 Å². The van der Waals surface area contributed by atoms with Gasteiger partial charge in [0.05, 0.1) is 12.1 Å². The summed E-state index contributed by atoms with van der Waals surface area (Å²) in [4.78, 5) is 25.7. The van der Waals surface area contributed by atoms with E-state index in [-0.39, 0.29) is 11.5 Å². The predicted octanol–water partition coefficient (Wildman–Crippen LogP) is 1.06. The lowest BCUT2D eigenvalue weighted by Gasteiger charge is -2.21. The maximum absolute atomic E-state index is 12.1. The molecule has 0 saturated carbocycles. The van der Waals surface area contributed by atoms with Crippen LogP contribution in [-0.2, 0) is 24.1 Å². The van der Waals surface area contributed by atoms with E-state index in [4.69, 9.17) is 0 Å². The van der Waals surface area contributed by atoms with Crippen LogP contribution in [0.5, 0.6) is 0 Å². The maximum atomic E-state index is 12.1. The Bertz CT molecular complexity index is 518. The van der Waals surface area contributed by atoms with Gasteiger partial charge in [0, 0.05) is 18.7 Å². The summed E-state index contributed by atoms with van der Waals surface area (Å²) in [5, 5.41) is 6.63. The molecule has 0 aliphatic heterocycles. The molecular weight excluding hydrogens is 242 g/mol. The number of rotatable bonds is 4. The quantitative estimate of drug-likeness (QED) is 0.883. The fourth-order valence-corrected chi connectivity index (χ4v) is 2.71. The molecule has 1 aromatic heterocycles. The van der Waals surface area contributed by atoms with E-state index in [0.717, 1.165) is 42.5 Å². The SMILES string of the molecule is CCN(CC)C(=O)Cc1n[nH]c(=O)c2c1CCCC2. The molecule has 0 radical (unpaired) electrons. The fraction of sp³-hybridized carbons (Fsp3) is 0.643. The molecule has 1 aromatic rings. The molecule has 0 bridgehead atoms. The third-order valence-electron chi connectivity index (χ3n) is 3.82. The van der Waals surface area contributed by atoms with E-state index in [1.807, 2.05) is 13.8 Å². The molecule has 104 valence electrons. The Morgan fingerprint density at radius 3 is 2.47 bits per heavy atom. The fourth-order valence-electron chi connectivity index (χ4n) is 2.71. The van der Waals surface area contributed by atoms with Crippen LogP contribution < -0.4 is 5.56 Å². The number of aromatic amines is 1. The van der Waals surface area contributed by atoms with Gasteiger partial charge in [-0.3, -0.25) is 9.59 Å². The van der Waals surface area contributed by atoms with Crippen LogP contribution in [0, 0.1) is 0 Å². The standard InChI is InChI=1S/C14H21N3O2/c1-3-17(4-2)13(18)9-12-10-7-5-6-8-11(10)14(19)16-15-12/h3-9H2,1-2H3,(H,16,19). The van der Waals surface area contributed by atoms with Crippen LogP contribution in [-0.4, -0.2) is 34.1 Å². The molecule has 5 nitrogen and oxygen atoms in total. The Kier molecular flexibility index (Phi) is 4.35. The summed E-state index contributed by atoms with van der Waals surface area (Å²) in [6.45, 7) is 5.36. The zero-order valence-electron chi connectivity index (χ0n) is 11.7. The summed E-state index contributed by atoms with van der Waals surface area (Å²) in [6.07, 6.45) is 4.08. The highest BCUT2D eigenvalue weighted by molar-refractivity contribution is 5.78. The van der Waals surface area contributed by atoms with Crippen molar-refractivity contribution >= 4 is 5.91 Å². The number of hydrogen-bond acceptors (Lipinski definition) is 3. The Morgan fingerprint density at radius 2 is 1.84 bits per heavy atom.